The molecule has 4 nitrogen and oxygen atoms in total. The summed E-state index contributed by atoms with van der Waals surface area (Å²) in [5.41, 5.74) is 3.99. The van der Waals surface area contributed by atoms with Crippen LogP contribution in [0.4, 0.5) is 0 Å². The Morgan fingerprint density at radius 3 is 2.32 bits per heavy atom. The normalized spacial score (nSPS) is 28.2. The van der Waals surface area contributed by atoms with E-state index < -0.39 is 0 Å². The number of allylic oxidation sites excluding steroid dienone is 1. The van der Waals surface area contributed by atoms with Gasteiger partial charge in [-0.1, -0.05) is 26.0 Å². The van der Waals surface area contributed by atoms with Crippen LogP contribution in [0.3, 0.4) is 0 Å². The quantitative estimate of drug-likeness (QED) is 0.834. The van der Waals surface area contributed by atoms with Gasteiger partial charge in [-0.15, -0.1) is 0 Å². The number of methoxy groups -OCH3 is 3. The fourth-order valence-electron chi connectivity index (χ4n) is 4.70. The number of carbonyl (C=O) groups excluding carboxylic acids is 1. The van der Waals surface area contributed by atoms with Crippen LogP contribution in [0.2, 0.25) is 0 Å². The topological polar surface area (TPSA) is 44.8 Å². The lowest BCUT2D eigenvalue weighted by Gasteiger charge is -2.47. The van der Waals surface area contributed by atoms with E-state index in [0.717, 1.165) is 34.4 Å². The average molecular weight is 344 g/mol. The molecule has 2 aliphatic rings. The first kappa shape index (κ1) is 18.2. The van der Waals surface area contributed by atoms with Crippen molar-refractivity contribution in [2.24, 2.45) is 11.3 Å². The molecule has 136 valence electrons. The van der Waals surface area contributed by atoms with Crippen molar-refractivity contribution in [2.45, 2.75) is 45.8 Å². The minimum Gasteiger partial charge on any atom is -0.496 e. The van der Waals surface area contributed by atoms with Gasteiger partial charge in [-0.2, -0.15) is 0 Å². The molecule has 0 amide bonds. The molecule has 0 unspecified atom stereocenters. The Balaban J connectivity index is 2.31. The summed E-state index contributed by atoms with van der Waals surface area (Å²) in [4.78, 5) is 12.7. The summed E-state index contributed by atoms with van der Waals surface area (Å²) in [5, 5.41) is 0. The van der Waals surface area contributed by atoms with Crippen LogP contribution in [-0.4, -0.2) is 33.2 Å². The Bertz CT molecular complexity index is 717. The van der Waals surface area contributed by atoms with E-state index in [-0.39, 0.29) is 29.3 Å². The third-order valence-corrected chi connectivity index (χ3v) is 6.18. The minimum absolute atomic E-state index is 0.145. The number of Topliss-reactive ketones (excluding diaryl/α,β-unsaturated/α-hetero) is 1. The number of ketones is 1. The summed E-state index contributed by atoms with van der Waals surface area (Å²) in [6, 6.07) is 6.06. The van der Waals surface area contributed by atoms with Gasteiger partial charge in [-0.25, -0.2) is 0 Å². The standard InChI is InChI=1S/C21H28O4/c1-12-16(22)11-13-10-15-14(8-7-9-17(15)23-4)19(24-5)20(25-6)18(12)21(13,2)3/h7-9,13,19-20H,10-11H2,1-6H3/t13-,19+,20+/m1/s1. The summed E-state index contributed by atoms with van der Waals surface area (Å²) < 4.78 is 17.5. The number of carbonyl (C=O) groups is 1. The number of benzene rings is 1. The molecule has 0 spiro atoms. The highest BCUT2D eigenvalue weighted by atomic mass is 16.5. The molecule has 1 aromatic rings. The van der Waals surface area contributed by atoms with Crippen LogP contribution in [-0.2, 0) is 20.7 Å². The summed E-state index contributed by atoms with van der Waals surface area (Å²) in [5.74, 6) is 1.28. The Morgan fingerprint density at radius 1 is 1.04 bits per heavy atom. The van der Waals surface area contributed by atoms with E-state index in [2.05, 4.69) is 19.9 Å². The average Bonchev–Trinajstić information content (AvgIpc) is 2.59. The molecule has 4 heteroatoms. The lowest BCUT2D eigenvalue weighted by Crippen LogP contribution is -2.44. The molecule has 25 heavy (non-hydrogen) atoms. The lowest BCUT2D eigenvalue weighted by atomic mass is 9.59. The maximum atomic E-state index is 12.7. The number of rotatable bonds is 3. The Morgan fingerprint density at radius 2 is 1.72 bits per heavy atom. The van der Waals surface area contributed by atoms with Crippen LogP contribution in [0.25, 0.3) is 0 Å². The van der Waals surface area contributed by atoms with Crippen molar-refractivity contribution in [3.63, 3.8) is 0 Å². The van der Waals surface area contributed by atoms with Gasteiger partial charge >= 0.3 is 0 Å². The zero-order valence-electron chi connectivity index (χ0n) is 16.0. The predicted molar refractivity (Wildman–Crippen MR) is 96.8 cm³/mol. The third kappa shape index (κ3) is 2.72. The van der Waals surface area contributed by atoms with Gasteiger partial charge in [-0.3, -0.25) is 4.79 Å². The highest BCUT2D eigenvalue weighted by molar-refractivity contribution is 5.97. The molecule has 0 aromatic heterocycles. The van der Waals surface area contributed by atoms with Crippen LogP contribution in [0.1, 0.15) is 44.4 Å². The molecule has 0 saturated heterocycles. The number of hydrogen-bond acceptors (Lipinski definition) is 4. The first-order chi connectivity index (χ1) is 11.9. The maximum absolute atomic E-state index is 12.7. The van der Waals surface area contributed by atoms with Crippen molar-refractivity contribution in [1.82, 2.24) is 0 Å². The second-order valence-corrected chi connectivity index (χ2v) is 7.63. The monoisotopic (exact) mass is 344 g/mol. The van der Waals surface area contributed by atoms with E-state index >= 15 is 0 Å². The molecule has 1 aromatic carbocycles. The van der Waals surface area contributed by atoms with Crippen molar-refractivity contribution in [3.8, 4) is 5.75 Å². The van der Waals surface area contributed by atoms with Gasteiger partial charge in [0.1, 0.15) is 18.0 Å². The molecule has 2 aliphatic carbocycles. The molecule has 3 atom stereocenters. The van der Waals surface area contributed by atoms with Crippen LogP contribution < -0.4 is 4.74 Å². The molecule has 0 N–H and O–H groups in total. The van der Waals surface area contributed by atoms with Crippen LogP contribution in [0, 0.1) is 11.3 Å². The van der Waals surface area contributed by atoms with E-state index in [0.29, 0.717) is 6.42 Å². The summed E-state index contributed by atoms with van der Waals surface area (Å²) >= 11 is 0. The van der Waals surface area contributed by atoms with E-state index in [1.54, 1.807) is 21.3 Å². The van der Waals surface area contributed by atoms with Gasteiger partial charge < -0.3 is 14.2 Å². The van der Waals surface area contributed by atoms with Gasteiger partial charge in [0.05, 0.1) is 7.11 Å². The predicted octanol–water partition coefficient (Wildman–Crippen LogP) is 3.89. The first-order valence-corrected chi connectivity index (χ1v) is 8.82. The van der Waals surface area contributed by atoms with Gasteiger partial charge in [0.15, 0.2) is 5.78 Å². The highest BCUT2D eigenvalue weighted by Crippen LogP contribution is 2.52. The Kier molecular flexibility index (Phi) is 4.78. The second-order valence-electron chi connectivity index (χ2n) is 7.63. The zero-order chi connectivity index (χ0) is 18.4. The number of hydrogen-bond donors (Lipinski definition) is 0. The van der Waals surface area contributed by atoms with Crippen LogP contribution >= 0.6 is 0 Å². The zero-order valence-corrected chi connectivity index (χ0v) is 16.0. The second kappa shape index (κ2) is 6.58. The van der Waals surface area contributed by atoms with Gasteiger partial charge in [0.2, 0.25) is 0 Å². The van der Waals surface area contributed by atoms with Crippen molar-refractivity contribution in [2.75, 3.05) is 21.3 Å². The first-order valence-electron chi connectivity index (χ1n) is 8.82. The summed E-state index contributed by atoms with van der Waals surface area (Å²) in [6.07, 6.45) is 0.795. The fraction of sp³-hybridized carbons (Fsp3) is 0.571. The number of fused-ring (bicyclic) bond motifs is 3. The van der Waals surface area contributed by atoms with Gasteiger partial charge in [0, 0.05) is 26.2 Å². The summed E-state index contributed by atoms with van der Waals surface area (Å²) in [6.45, 7) is 6.38. The minimum atomic E-state index is -0.294. The van der Waals surface area contributed by atoms with Crippen molar-refractivity contribution < 1.29 is 19.0 Å². The molecule has 0 aliphatic heterocycles. The smallest absolute Gasteiger partial charge is 0.158 e. The molecule has 0 fully saturated rings. The highest BCUT2D eigenvalue weighted by Gasteiger charge is 2.48. The molecule has 2 bridgehead atoms. The Labute approximate surface area is 150 Å². The van der Waals surface area contributed by atoms with Crippen molar-refractivity contribution >= 4 is 5.78 Å². The van der Waals surface area contributed by atoms with Crippen molar-refractivity contribution in [3.05, 3.63) is 40.5 Å². The van der Waals surface area contributed by atoms with E-state index in [1.165, 1.54) is 0 Å². The van der Waals surface area contributed by atoms with E-state index in [1.807, 2.05) is 19.1 Å². The molecule has 3 rings (SSSR count). The van der Waals surface area contributed by atoms with E-state index in [4.69, 9.17) is 14.2 Å². The van der Waals surface area contributed by atoms with Gasteiger partial charge in [0.25, 0.3) is 0 Å². The SMILES string of the molecule is COc1cccc2c1C[C@@H]1CC(=O)C(C)=C([C@H](OC)[C@H]2OC)C1(C)C. The molecule has 0 saturated carbocycles. The van der Waals surface area contributed by atoms with Gasteiger partial charge in [-0.05, 0) is 47.5 Å². The maximum Gasteiger partial charge on any atom is 0.158 e. The van der Waals surface area contributed by atoms with E-state index in [9.17, 15) is 4.79 Å². The number of ether oxygens (including phenoxy) is 3. The van der Waals surface area contributed by atoms with Crippen molar-refractivity contribution in [1.29, 1.82) is 0 Å². The molecule has 0 heterocycles. The third-order valence-electron chi connectivity index (χ3n) is 6.18. The van der Waals surface area contributed by atoms with Crippen LogP contribution in [0.15, 0.2) is 29.3 Å². The Hall–Kier alpha value is -1.65. The molecular weight excluding hydrogens is 316 g/mol. The largest absolute Gasteiger partial charge is 0.496 e. The van der Waals surface area contributed by atoms with Crippen LogP contribution in [0.5, 0.6) is 5.75 Å². The molecular formula is C21H28O4. The molecule has 0 radical (unpaired) electrons. The summed E-state index contributed by atoms with van der Waals surface area (Å²) in [7, 11) is 5.09. The fourth-order valence-corrected chi connectivity index (χ4v) is 4.70. The lowest BCUT2D eigenvalue weighted by molar-refractivity contribution is -0.119.